The molecule has 0 atom stereocenters. The zero-order chi connectivity index (χ0) is 14.3. The lowest BCUT2D eigenvalue weighted by molar-refractivity contribution is -0.384. The lowest BCUT2D eigenvalue weighted by Gasteiger charge is -2.09. The number of nitrogens with zero attached hydrogens (tertiary/aromatic N) is 1. The first-order chi connectivity index (χ1) is 9.06. The van der Waals surface area contributed by atoms with Crippen LogP contribution in [0.25, 0.3) is 0 Å². The molecule has 0 saturated heterocycles. The van der Waals surface area contributed by atoms with Crippen LogP contribution in [0, 0.1) is 10.1 Å². The maximum atomic E-state index is 10.6. The molecule has 0 unspecified atom stereocenters. The molecule has 1 aromatic carbocycles. The van der Waals surface area contributed by atoms with Crippen molar-refractivity contribution in [3.8, 4) is 5.75 Å². The molecule has 0 saturated carbocycles. The van der Waals surface area contributed by atoms with E-state index in [4.69, 9.17) is 27.9 Å². The standard InChI is InChI=1S/C12H15Cl2NO3S/c13-10-7-9(15(16)17)8-11(14)12(10)18-5-3-1-2-4-6-19/h7-8,19H,1-6H2. The highest BCUT2D eigenvalue weighted by Crippen LogP contribution is 2.36. The second-order valence-electron chi connectivity index (χ2n) is 3.98. The number of thiol groups is 1. The summed E-state index contributed by atoms with van der Waals surface area (Å²) in [6, 6.07) is 2.48. The van der Waals surface area contributed by atoms with E-state index >= 15 is 0 Å². The third-order valence-corrected chi connectivity index (χ3v) is 3.37. The fourth-order valence-electron chi connectivity index (χ4n) is 1.53. The molecule has 0 heterocycles. The lowest BCUT2D eigenvalue weighted by Crippen LogP contribution is -1.99. The van der Waals surface area contributed by atoms with Gasteiger partial charge in [-0.25, -0.2) is 0 Å². The van der Waals surface area contributed by atoms with E-state index in [0.29, 0.717) is 12.4 Å². The first kappa shape index (κ1) is 16.4. The quantitative estimate of drug-likeness (QED) is 0.324. The number of unbranched alkanes of at least 4 members (excludes halogenated alkanes) is 3. The van der Waals surface area contributed by atoms with Gasteiger partial charge in [0.05, 0.1) is 21.6 Å². The van der Waals surface area contributed by atoms with E-state index in [1.807, 2.05) is 0 Å². The minimum Gasteiger partial charge on any atom is -0.490 e. The van der Waals surface area contributed by atoms with E-state index in [1.165, 1.54) is 12.1 Å². The normalized spacial score (nSPS) is 10.5. The van der Waals surface area contributed by atoms with Crippen molar-refractivity contribution in [3.63, 3.8) is 0 Å². The SMILES string of the molecule is O=[N+]([O-])c1cc(Cl)c(OCCCCCCS)c(Cl)c1. The van der Waals surface area contributed by atoms with Gasteiger partial charge in [-0.2, -0.15) is 12.6 Å². The number of nitro benzene ring substituents is 1. The van der Waals surface area contributed by atoms with Gasteiger partial charge in [-0.05, 0) is 18.6 Å². The Labute approximate surface area is 127 Å². The third kappa shape index (κ3) is 5.47. The van der Waals surface area contributed by atoms with Crippen LogP contribution in [0.15, 0.2) is 12.1 Å². The largest absolute Gasteiger partial charge is 0.490 e. The number of ether oxygens (including phenoxy) is 1. The summed E-state index contributed by atoms with van der Waals surface area (Å²) in [5.74, 6) is 1.20. The number of non-ortho nitro benzene ring substituents is 1. The van der Waals surface area contributed by atoms with Crippen LogP contribution in [0.3, 0.4) is 0 Å². The number of hydrogen-bond donors (Lipinski definition) is 1. The fourth-order valence-corrected chi connectivity index (χ4v) is 2.34. The molecule has 106 valence electrons. The Kier molecular flexibility index (Phi) is 7.34. The van der Waals surface area contributed by atoms with Crippen molar-refractivity contribution in [2.75, 3.05) is 12.4 Å². The van der Waals surface area contributed by atoms with Crippen molar-refractivity contribution < 1.29 is 9.66 Å². The minimum absolute atomic E-state index is 0.142. The Morgan fingerprint density at radius 1 is 1.16 bits per heavy atom. The predicted molar refractivity (Wildman–Crippen MR) is 80.9 cm³/mol. The molecule has 4 nitrogen and oxygen atoms in total. The van der Waals surface area contributed by atoms with Gasteiger partial charge in [-0.15, -0.1) is 0 Å². The van der Waals surface area contributed by atoms with Crippen LogP contribution in [0.4, 0.5) is 5.69 Å². The molecule has 0 aliphatic carbocycles. The van der Waals surface area contributed by atoms with Crippen molar-refractivity contribution in [2.24, 2.45) is 0 Å². The Balaban J connectivity index is 2.52. The average Bonchev–Trinajstić information content (AvgIpc) is 2.35. The van der Waals surface area contributed by atoms with Gasteiger partial charge in [0, 0.05) is 12.1 Å². The third-order valence-electron chi connectivity index (χ3n) is 2.49. The summed E-state index contributed by atoms with van der Waals surface area (Å²) in [4.78, 5) is 10.1. The summed E-state index contributed by atoms with van der Waals surface area (Å²) in [6.45, 7) is 0.490. The second-order valence-corrected chi connectivity index (χ2v) is 5.24. The van der Waals surface area contributed by atoms with Gasteiger partial charge in [0.1, 0.15) is 0 Å². The van der Waals surface area contributed by atoms with Crippen LogP contribution >= 0.6 is 35.8 Å². The van der Waals surface area contributed by atoms with E-state index < -0.39 is 4.92 Å². The highest BCUT2D eigenvalue weighted by Gasteiger charge is 2.15. The van der Waals surface area contributed by atoms with Gasteiger partial charge < -0.3 is 4.74 Å². The van der Waals surface area contributed by atoms with Gasteiger partial charge >= 0.3 is 0 Å². The van der Waals surface area contributed by atoms with E-state index in [-0.39, 0.29) is 15.7 Å². The first-order valence-corrected chi connectivity index (χ1v) is 7.32. The molecule has 0 N–H and O–H groups in total. The number of rotatable bonds is 8. The van der Waals surface area contributed by atoms with Crippen LogP contribution in [0.2, 0.25) is 10.0 Å². The van der Waals surface area contributed by atoms with Gasteiger partial charge in [0.15, 0.2) is 5.75 Å². The summed E-state index contributed by atoms with van der Waals surface area (Å²) in [5, 5.41) is 10.9. The summed E-state index contributed by atoms with van der Waals surface area (Å²) >= 11 is 16.0. The number of benzene rings is 1. The molecule has 0 spiro atoms. The predicted octanol–water partition coefficient (Wildman–Crippen LogP) is 4.77. The van der Waals surface area contributed by atoms with E-state index in [9.17, 15) is 10.1 Å². The van der Waals surface area contributed by atoms with Crippen molar-refractivity contribution in [1.29, 1.82) is 0 Å². The highest BCUT2D eigenvalue weighted by molar-refractivity contribution is 7.80. The molecular weight excluding hydrogens is 309 g/mol. The maximum Gasteiger partial charge on any atom is 0.272 e. The first-order valence-electron chi connectivity index (χ1n) is 5.93. The number of hydrogen-bond acceptors (Lipinski definition) is 4. The zero-order valence-electron chi connectivity index (χ0n) is 10.3. The molecule has 0 amide bonds. The van der Waals surface area contributed by atoms with Crippen LogP contribution in [-0.2, 0) is 0 Å². The Morgan fingerprint density at radius 3 is 2.26 bits per heavy atom. The van der Waals surface area contributed by atoms with Crippen molar-refractivity contribution in [2.45, 2.75) is 25.7 Å². The summed E-state index contributed by atoms with van der Waals surface area (Å²) in [6.07, 6.45) is 4.12. The summed E-state index contributed by atoms with van der Waals surface area (Å²) in [7, 11) is 0. The van der Waals surface area contributed by atoms with E-state index in [1.54, 1.807) is 0 Å². The average molecular weight is 324 g/mol. The fraction of sp³-hybridized carbons (Fsp3) is 0.500. The van der Waals surface area contributed by atoms with Gasteiger partial charge in [-0.1, -0.05) is 36.0 Å². The monoisotopic (exact) mass is 323 g/mol. The van der Waals surface area contributed by atoms with Gasteiger partial charge in [0.2, 0.25) is 0 Å². The van der Waals surface area contributed by atoms with E-state index in [2.05, 4.69) is 12.6 Å². The molecule has 0 aliphatic rings. The molecule has 1 rings (SSSR count). The highest BCUT2D eigenvalue weighted by atomic mass is 35.5. The lowest BCUT2D eigenvalue weighted by atomic mass is 10.2. The smallest absolute Gasteiger partial charge is 0.272 e. The Hall–Kier alpha value is -0.650. The van der Waals surface area contributed by atoms with Gasteiger partial charge in [-0.3, -0.25) is 10.1 Å². The molecule has 7 heteroatoms. The minimum atomic E-state index is -0.543. The molecule has 0 aliphatic heterocycles. The van der Waals surface area contributed by atoms with E-state index in [0.717, 1.165) is 31.4 Å². The molecule has 0 fully saturated rings. The molecule has 1 aromatic rings. The van der Waals surface area contributed by atoms with Crippen LogP contribution < -0.4 is 4.74 Å². The Bertz CT molecular complexity index is 420. The number of halogens is 2. The molecule has 0 radical (unpaired) electrons. The molecular formula is C12H15Cl2NO3S. The maximum absolute atomic E-state index is 10.6. The molecule has 0 bridgehead atoms. The zero-order valence-corrected chi connectivity index (χ0v) is 12.7. The van der Waals surface area contributed by atoms with Gasteiger partial charge in [0.25, 0.3) is 5.69 Å². The second kappa shape index (κ2) is 8.51. The number of nitro groups is 1. The Morgan fingerprint density at radius 2 is 1.74 bits per heavy atom. The van der Waals surface area contributed by atoms with Crippen molar-refractivity contribution >= 4 is 41.5 Å². The summed E-state index contributed by atoms with van der Waals surface area (Å²) < 4.78 is 5.48. The van der Waals surface area contributed by atoms with Crippen molar-refractivity contribution in [1.82, 2.24) is 0 Å². The van der Waals surface area contributed by atoms with Crippen LogP contribution in [-0.4, -0.2) is 17.3 Å². The molecule has 19 heavy (non-hydrogen) atoms. The van der Waals surface area contributed by atoms with Crippen LogP contribution in [0.1, 0.15) is 25.7 Å². The van der Waals surface area contributed by atoms with Crippen LogP contribution in [0.5, 0.6) is 5.75 Å². The summed E-state index contributed by atoms with van der Waals surface area (Å²) in [5.41, 5.74) is -0.142. The topological polar surface area (TPSA) is 52.4 Å². The molecule has 0 aromatic heterocycles. The van der Waals surface area contributed by atoms with Crippen molar-refractivity contribution in [3.05, 3.63) is 32.3 Å².